The fourth-order valence-electron chi connectivity index (χ4n) is 2.53. The quantitative estimate of drug-likeness (QED) is 0.771. The highest BCUT2D eigenvalue weighted by Crippen LogP contribution is 2.25. The monoisotopic (exact) mass is 253 g/mol. The Labute approximate surface area is 108 Å². The predicted octanol–water partition coefficient (Wildman–Crippen LogP) is 0.0652. The Morgan fingerprint density at radius 3 is 2.33 bits per heavy atom. The summed E-state index contributed by atoms with van der Waals surface area (Å²) in [4.78, 5) is 27.5. The molecule has 2 amide bonds. The molecule has 0 bridgehead atoms. The molecule has 1 aliphatic heterocycles. The van der Waals surface area contributed by atoms with Crippen LogP contribution in [0.3, 0.4) is 0 Å². The molecule has 5 nitrogen and oxygen atoms in total. The first-order chi connectivity index (χ1) is 8.61. The molecular formula is C13H23N3O2. The Kier molecular flexibility index (Phi) is 4.22. The van der Waals surface area contributed by atoms with E-state index in [9.17, 15) is 9.59 Å². The van der Waals surface area contributed by atoms with Gasteiger partial charge in [-0.1, -0.05) is 0 Å². The van der Waals surface area contributed by atoms with Gasteiger partial charge in [-0.15, -0.1) is 0 Å². The molecule has 1 aliphatic carbocycles. The predicted molar refractivity (Wildman–Crippen MR) is 69.0 cm³/mol. The van der Waals surface area contributed by atoms with Crippen molar-refractivity contribution in [1.82, 2.24) is 15.1 Å². The molecule has 102 valence electrons. The lowest BCUT2D eigenvalue weighted by Crippen LogP contribution is -2.44. The molecule has 1 saturated carbocycles. The summed E-state index contributed by atoms with van der Waals surface area (Å²) < 4.78 is 0. The zero-order valence-corrected chi connectivity index (χ0v) is 11.3. The molecule has 18 heavy (non-hydrogen) atoms. The van der Waals surface area contributed by atoms with E-state index in [1.807, 2.05) is 11.9 Å². The van der Waals surface area contributed by atoms with Crippen LogP contribution in [0.25, 0.3) is 0 Å². The van der Waals surface area contributed by atoms with Crippen molar-refractivity contribution in [3.8, 4) is 0 Å². The summed E-state index contributed by atoms with van der Waals surface area (Å²) >= 11 is 0. The zero-order chi connectivity index (χ0) is 13.1. The maximum atomic E-state index is 12.0. The van der Waals surface area contributed by atoms with Gasteiger partial charge < -0.3 is 10.2 Å². The standard InChI is InChI=1S/C13H23N3O2/c1-14-13(18)10-5-7-16(8-6-10)9-12(17)15(2)11-3-4-11/h10-11H,3-9H2,1-2H3,(H,14,18). The minimum Gasteiger partial charge on any atom is -0.359 e. The first-order valence-corrected chi connectivity index (χ1v) is 6.81. The SMILES string of the molecule is CNC(=O)C1CCN(CC(=O)N(C)C2CC2)CC1. The summed E-state index contributed by atoms with van der Waals surface area (Å²) in [5.74, 6) is 0.481. The van der Waals surface area contributed by atoms with Crippen molar-refractivity contribution in [2.45, 2.75) is 31.7 Å². The second kappa shape index (κ2) is 5.69. The average Bonchev–Trinajstić information content (AvgIpc) is 3.22. The molecule has 2 aliphatic rings. The van der Waals surface area contributed by atoms with Gasteiger partial charge in [0.05, 0.1) is 6.54 Å². The van der Waals surface area contributed by atoms with Gasteiger partial charge in [0.15, 0.2) is 0 Å². The normalized spacial score (nSPS) is 21.7. The van der Waals surface area contributed by atoms with Crippen LogP contribution in [0.5, 0.6) is 0 Å². The van der Waals surface area contributed by atoms with Gasteiger partial charge in [-0.3, -0.25) is 14.5 Å². The van der Waals surface area contributed by atoms with E-state index in [1.165, 1.54) is 0 Å². The largest absolute Gasteiger partial charge is 0.359 e. The number of carbonyl (C=O) groups is 2. The summed E-state index contributed by atoms with van der Waals surface area (Å²) in [5, 5.41) is 2.70. The molecular weight excluding hydrogens is 230 g/mol. The van der Waals surface area contributed by atoms with Gasteiger partial charge in [0, 0.05) is 26.1 Å². The van der Waals surface area contributed by atoms with E-state index < -0.39 is 0 Å². The number of rotatable bonds is 4. The van der Waals surface area contributed by atoms with E-state index in [1.54, 1.807) is 7.05 Å². The molecule has 5 heteroatoms. The minimum absolute atomic E-state index is 0.127. The van der Waals surface area contributed by atoms with Crippen molar-refractivity contribution in [1.29, 1.82) is 0 Å². The van der Waals surface area contributed by atoms with Crippen molar-refractivity contribution in [2.75, 3.05) is 33.7 Å². The van der Waals surface area contributed by atoms with Gasteiger partial charge in [-0.2, -0.15) is 0 Å². The Morgan fingerprint density at radius 1 is 1.22 bits per heavy atom. The Balaban J connectivity index is 1.72. The summed E-state index contributed by atoms with van der Waals surface area (Å²) in [6.45, 7) is 2.21. The van der Waals surface area contributed by atoms with Crippen LogP contribution in [0, 0.1) is 5.92 Å². The molecule has 2 fully saturated rings. The number of hydrogen-bond acceptors (Lipinski definition) is 3. The number of piperidine rings is 1. The number of hydrogen-bond donors (Lipinski definition) is 1. The number of likely N-dealkylation sites (tertiary alicyclic amines) is 1. The van der Waals surface area contributed by atoms with Crippen molar-refractivity contribution < 1.29 is 9.59 Å². The number of likely N-dealkylation sites (N-methyl/N-ethyl adjacent to an activating group) is 1. The van der Waals surface area contributed by atoms with Crippen molar-refractivity contribution in [3.63, 3.8) is 0 Å². The lowest BCUT2D eigenvalue weighted by Gasteiger charge is -2.31. The van der Waals surface area contributed by atoms with Crippen LogP contribution in [0.1, 0.15) is 25.7 Å². The number of nitrogens with one attached hydrogen (secondary N) is 1. The molecule has 2 rings (SSSR count). The number of amides is 2. The smallest absolute Gasteiger partial charge is 0.236 e. The van der Waals surface area contributed by atoms with E-state index in [-0.39, 0.29) is 17.7 Å². The highest BCUT2D eigenvalue weighted by Gasteiger charge is 2.31. The Bertz CT molecular complexity index is 320. The minimum atomic E-state index is 0.127. The van der Waals surface area contributed by atoms with E-state index in [4.69, 9.17) is 0 Å². The van der Waals surface area contributed by atoms with Crippen LogP contribution in [0.4, 0.5) is 0 Å². The molecule has 0 spiro atoms. The fraction of sp³-hybridized carbons (Fsp3) is 0.846. The van der Waals surface area contributed by atoms with Crippen LogP contribution < -0.4 is 5.32 Å². The maximum absolute atomic E-state index is 12.0. The summed E-state index contributed by atoms with van der Waals surface area (Å²) in [6.07, 6.45) is 4.03. The molecule has 1 saturated heterocycles. The third-order valence-electron chi connectivity index (χ3n) is 4.05. The molecule has 1 N–H and O–H groups in total. The third kappa shape index (κ3) is 3.22. The Hall–Kier alpha value is -1.10. The lowest BCUT2D eigenvalue weighted by molar-refractivity contribution is -0.132. The van der Waals surface area contributed by atoms with Crippen molar-refractivity contribution in [3.05, 3.63) is 0 Å². The summed E-state index contributed by atoms with van der Waals surface area (Å²) in [6, 6.07) is 0.487. The topological polar surface area (TPSA) is 52.7 Å². The Morgan fingerprint density at radius 2 is 1.83 bits per heavy atom. The average molecular weight is 253 g/mol. The van der Waals surface area contributed by atoms with Crippen LogP contribution in [-0.2, 0) is 9.59 Å². The second-order valence-electron chi connectivity index (χ2n) is 5.40. The fourth-order valence-corrected chi connectivity index (χ4v) is 2.53. The van der Waals surface area contributed by atoms with Crippen LogP contribution in [0.15, 0.2) is 0 Å². The van der Waals surface area contributed by atoms with Gasteiger partial charge in [0.25, 0.3) is 0 Å². The molecule has 0 atom stereocenters. The third-order valence-corrected chi connectivity index (χ3v) is 4.05. The molecule has 0 aromatic carbocycles. The van der Waals surface area contributed by atoms with Crippen LogP contribution >= 0.6 is 0 Å². The first-order valence-electron chi connectivity index (χ1n) is 6.81. The maximum Gasteiger partial charge on any atom is 0.236 e. The van der Waals surface area contributed by atoms with E-state index in [2.05, 4.69) is 10.2 Å². The first kappa shape index (κ1) is 13.3. The van der Waals surface area contributed by atoms with E-state index >= 15 is 0 Å². The van der Waals surface area contributed by atoms with Gasteiger partial charge in [0.2, 0.25) is 11.8 Å². The van der Waals surface area contributed by atoms with Crippen LogP contribution in [0.2, 0.25) is 0 Å². The molecule has 0 aromatic rings. The molecule has 0 radical (unpaired) electrons. The molecule has 1 heterocycles. The highest BCUT2D eigenvalue weighted by molar-refractivity contribution is 5.79. The van der Waals surface area contributed by atoms with Crippen molar-refractivity contribution >= 4 is 11.8 Å². The zero-order valence-electron chi connectivity index (χ0n) is 11.3. The second-order valence-corrected chi connectivity index (χ2v) is 5.40. The molecule has 0 unspecified atom stereocenters. The highest BCUT2D eigenvalue weighted by atomic mass is 16.2. The number of nitrogens with zero attached hydrogens (tertiary/aromatic N) is 2. The van der Waals surface area contributed by atoms with Gasteiger partial charge in [-0.25, -0.2) is 0 Å². The van der Waals surface area contributed by atoms with E-state index in [0.717, 1.165) is 38.8 Å². The van der Waals surface area contributed by atoms with Gasteiger partial charge in [0.1, 0.15) is 0 Å². The molecule has 0 aromatic heterocycles. The van der Waals surface area contributed by atoms with Gasteiger partial charge >= 0.3 is 0 Å². The number of carbonyl (C=O) groups excluding carboxylic acids is 2. The van der Waals surface area contributed by atoms with E-state index in [0.29, 0.717) is 12.6 Å². The lowest BCUT2D eigenvalue weighted by atomic mass is 9.96. The van der Waals surface area contributed by atoms with Crippen LogP contribution in [-0.4, -0.2) is 61.4 Å². The summed E-state index contributed by atoms with van der Waals surface area (Å²) in [7, 11) is 3.58. The van der Waals surface area contributed by atoms with Crippen molar-refractivity contribution in [2.24, 2.45) is 5.92 Å². The summed E-state index contributed by atoms with van der Waals surface area (Å²) in [5.41, 5.74) is 0. The van der Waals surface area contributed by atoms with Gasteiger partial charge in [-0.05, 0) is 38.8 Å².